The van der Waals surface area contributed by atoms with Crippen LogP contribution >= 0.6 is 0 Å². The van der Waals surface area contributed by atoms with Gasteiger partial charge in [-0.1, -0.05) is 463 Å². The maximum Gasteiger partial charge on any atom is 3.00 e. The van der Waals surface area contributed by atoms with Crippen molar-refractivity contribution in [3.8, 4) is 45.6 Å². The summed E-state index contributed by atoms with van der Waals surface area (Å²) >= 11 is 0. The number of benzene rings is 4. The molecule has 1 radical (unpaired) electrons. The molecule has 2 aliphatic heterocycles. The molecule has 9 nitrogen and oxygen atoms in total. The molecule has 0 N–H and O–H groups in total. The van der Waals surface area contributed by atoms with Crippen LogP contribution in [0.25, 0.3) is 89.7 Å². The third-order valence-electron chi connectivity index (χ3n) is 27.4. The number of unbranched alkanes of at least 4 members (excludes halogenated alkanes) is 56. The zero-order valence-corrected chi connectivity index (χ0v) is 82.2. The Morgan fingerprint density at radius 3 is 0.447 bits per heavy atom. The zero-order valence-electron chi connectivity index (χ0n) is 80.4. The van der Waals surface area contributed by atoms with Gasteiger partial charge in [-0.3, -0.25) is 6.79 Å². The molecule has 8 bridgehead atoms. The van der Waals surface area contributed by atoms with Gasteiger partial charge in [0.1, 0.15) is 0 Å². The fraction of sp³-hybridized carbons (Fsp3) is 0.708. The van der Waals surface area contributed by atoms with E-state index in [9.17, 15) is 0 Å². The van der Waals surface area contributed by atoms with Crippen LogP contribution in [0.15, 0.2) is 48.5 Å². The summed E-state index contributed by atoms with van der Waals surface area (Å²) in [7, 11) is 0. The molecule has 0 saturated carbocycles. The minimum Gasteiger partial charge on any atom is -0.545 e. The fourth-order valence-electron chi connectivity index (χ4n) is 20.0. The summed E-state index contributed by atoms with van der Waals surface area (Å²) < 4.78 is 0. The molecule has 4 aromatic carbocycles. The maximum atomic E-state index is 7.75. The number of nitrogens with zero attached hydrogens (tertiary/aromatic N) is 8. The van der Waals surface area contributed by atoms with Crippen molar-refractivity contribution < 1.29 is 24.3 Å². The average Bonchev–Trinajstić information content (AvgIpc) is 1.66. The molecule has 123 heavy (non-hydrogen) atoms. The molecule has 0 unspecified atom stereocenters. The molecule has 683 valence electrons. The van der Waals surface area contributed by atoms with Gasteiger partial charge < -0.3 is 34.7 Å². The molecule has 0 atom stereocenters. The Labute approximate surface area is 766 Å². The number of hydrogen-bond donors (Lipinski definition) is 0. The number of aryl methyl sites for hydroxylation is 8. The van der Waals surface area contributed by atoms with Crippen molar-refractivity contribution in [1.82, 2.24) is 39.9 Å². The predicted molar refractivity (Wildman–Crippen MR) is 531 cm³/mol. The third-order valence-corrected chi connectivity index (χ3v) is 27.4. The van der Waals surface area contributed by atoms with E-state index in [-0.39, 0.29) is 19.5 Å². The van der Waals surface area contributed by atoms with Crippen LogP contribution in [0.5, 0.6) is 0 Å². The number of fused-ring (bicyclic) bond motifs is 20. The Bertz CT molecular complexity index is 3630. The first kappa shape index (κ1) is 105. The van der Waals surface area contributed by atoms with Crippen molar-refractivity contribution in [2.45, 2.75) is 518 Å². The van der Waals surface area contributed by atoms with Crippen LogP contribution in [-0.4, -0.2) is 36.7 Å². The predicted octanol–water partition coefficient (Wildman–Crippen LogP) is 35.3. The van der Waals surface area contributed by atoms with Crippen molar-refractivity contribution in [2.24, 2.45) is 0 Å². The molecule has 10 heteroatoms. The molecule has 9 rings (SSSR count). The van der Waals surface area contributed by atoms with Crippen LogP contribution in [0.2, 0.25) is 0 Å². The third kappa shape index (κ3) is 35.8. The van der Waals surface area contributed by atoms with E-state index in [0.717, 1.165) is 149 Å². The van der Waals surface area contributed by atoms with Crippen LogP contribution in [0.4, 0.5) is 0 Å². The van der Waals surface area contributed by atoms with Crippen molar-refractivity contribution >= 4 is 50.9 Å². The molecule has 3 aromatic heterocycles. The van der Waals surface area contributed by atoms with E-state index in [1.165, 1.54) is 448 Å². The largest absolute Gasteiger partial charge is 3.00 e. The van der Waals surface area contributed by atoms with Gasteiger partial charge in [-0.05, 0) is 169 Å². The van der Waals surface area contributed by atoms with E-state index in [1.54, 1.807) is 0 Å². The van der Waals surface area contributed by atoms with Gasteiger partial charge >= 0.3 is 19.5 Å². The summed E-state index contributed by atoms with van der Waals surface area (Å²) in [6, 6.07) is 20.1. The smallest absolute Gasteiger partial charge is 0.545 e. The quantitative estimate of drug-likeness (QED) is 0.0159. The van der Waals surface area contributed by atoms with Crippen molar-refractivity contribution in [3.05, 3.63) is 93.0 Å². The van der Waals surface area contributed by atoms with Crippen LogP contribution < -0.4 is 9.97 Å². The molecule has 5 heterocycles. The summed E-state index contributed by atoms with van der Waals surface area (Å²) in [5.41, 5.74) is 18.6. The number of aromatic nitrogens is 8. The summed E-state index contributed by atoms with van der Waals surface area (Å²) in [6.07, 6.45) is 89.9. The number of carbonyl (C=O) groups excluding carboxylic acids is 1. The van der Waals surface area contributed by atoms with Gasteiger partial charge in [-0.25, -0.2) is 9.97 Å². The summed E-state index contributed by atoms with van der Waals surface area (Å²) in [5.74, 6) is 3.09. The van der Waals surface area contributed by atoms with E-state index in [0.29, 0.717) is 0 Å². The second-order valence-electron chi connectivity index (χ2n) is 37.8. The van der Waals surface area contributed by atoms with Crippen LogP contribution in [0, 0.1) is 0 Å². The molecule has 7 aromatic rings. The Morgan fingerprint density at radius 2 is 0.301 bits per heavy atom. The van der Waals surface area contributed by atoms with Crippen LogP contribution in [0.3, 0.4) is 0 Å². The molecule has 0 amide bonds. The second-order valence-corrected chi connectivity index (χ2v) is 37.8. The summed E-state index contributed by atoms with van der Waals surface area (Å²) in [4.78, 5) is 56.6. The molecule has 0 fully saturated rings. The minimum atomic E-state index is 0. The fourth-order valence-corrected chi connectivity index (χ4v) is 20.0. The van der Waals surface area contributed by atoms with E-state index >= 15 is 0 Å². The van der Waals surface area contributed by atoms with Gasteiger partial charge in [0.2, 0.25) is 0 Å². The van der Waals surface area contributed by atoms with Crippen molar-refractivity contribution in [2.75, 3.05) is 0 Å². The van der Waals surface area contributed by atoms with Gasteiger partial charge in [0.25, 0.3) is 0 Å². The van der Waals surface area contributed by atoms with Gasteiger partial charge in [-0.2, -0.15) is 0 Å². The second kappa shape index (κ2) is 65.1. The number of rotatable bonds is 72. The Balaban J connectivity index is 0.00000688. The van der Waals surface area contributed by atoms with Crippen LogP contribution in [0.1, 0.15) is 511 Å². The molecule has 0 spiro atoms. The SMILES string of the molecule is CCCCCCCCCCc1ccc(CCCCCCCCCC)c2c1-c1nc-2nc2[n-]c(nc3nc(nc4[n-]c(n1)c1c(CCCCCCCCCC)ccc(CCCCCCCCCC)c41)-c1c(CCCCCCCCCC)ccc(CCCCCCCCCC)c1-3)c1c(CCCCCCCCCC)ccc(CCCCCCCCCC)c21.[CH-]=O.[Ru+3]. The molecular formula is C113H177N8ORu. The summed E-state index contributed by atoms with van der Waals surface area (Å²) in [5, 5.41) is 4.74. The zero-order chi connectivity index (χ0) is 86.1. The van der Waals surface area contributed by atoms with Crippen LogP contribution in [-0.2, 0) is 75.6 Å². The topological polar surface area (TPSA) is 123 Å². The van der Waals surface area contributed by atoms with E-state index in [2.05, 4.69) is 111 Å². The molecule has 0 aliphatic carbocycles. The van der Waals surface area contributed by atoms with Crippen molar-refractivity contribution in [1.29, 1.82) is 0 Å². The van der Waals surface area contributed by atoms with Gasteiger partial charge in [0.15, 0.2) is 0 Å². The first-order valence-electron chi connectivity index (χ1n) is 52.9. The number of hydrogen-bond acceptors (Lipinski definition) is 7. The van der Waals surface area contributed by atoms with Crippen molar-refractivity contribution in [3.63, 3.8) is 0 Å². The van der Waals surface area contributed by atoms with Gasteiger partial charge in [-0.15, -0.1) is 0 Å². The van der Waals surface area contributed by atoms with Gasteiger partial charge in [0.05, 0.1) is 23.3 Å². The maximum absolute atomic E-state index is 7.75. The minimum absolute atomic E-state index is 0. The Kier molecular flexibility index (Phi) is 55.4. The Hall–Kier alpha value is -5.47. The average molecular weight is 1760 g/mol. The van der Waals surface area contributed by atoms with E-state index in [1.807, 2.05) is 0 Å². The monoisotopic (exact) mass is 1760 g/mol. The Morgan fingerprint density at radius 1 is 0.179 bits per heavy atom. The van der Waals surface area contributed by atoms with E-state index < -0.39 is 0 Å². The van der Waals surface area contributed by atoms with Gasteiger partial charge in [0, 0.05) is 44.8 Å². The standard InChI is InChI=1S/C112H176N8.CHO.Ru/c1-9-17-25-33-41-49-57-65-73-89-81-82-90(74-66-58-50-42-34-26-18-10-2)98-97(89)105-113-106(98)118-108-101-93(77-69-61-53-45-37-29-21-13-5)85-86-94(78-70-62-54-46-38-30-22-14-6)102(101)110(115-108)120-112-104-96(80-72-64-56-48-40-32-24-16-8)88-87-95(79-71-63-55-47-39-31-23-15-7)103(104)111(116-112)119-109-100-92(76-68-60-52-44-36-28-20-12-4)84-83-91(99(100)107(114-109)117-105)75-67-59-51-43-35-27-19-11-3;1-2;/h81-88H,9-80H2,1-8H3;1H;/q-2;-1;+3. The first-order valence-corrected chi connectivity index (χ1v) is 52.9. The molecular weight excluding hydrogens is 1590 g/mol. The molecule has 2 aliphatic rings. The summed E-state index contributed by atoms with van der Waals surface area (Å²) in [6.45, 7) is 21.9. The normalized spacial score (nSPS) is 11.8. The first-order chi connectivity index (χ1) is 60.4. The van der Waals surface area contributed by atoms with E-state index in [4.69, 9.17) is 44.7 Å². The molecule has 0 saturated heterocycles.